The molecule has 2 heteroatoms. The molecule has 0 spiro atoms. The van der Waals surface area contributed by atoms with E-state index in [2.05, 4.69) is 36.5 Å². The molecular weight excluding hydrogens is 198 g/mol. The van der Waals surface area contributed by atoms with Crippen molar-refractivity contribution in [3.05, 3.63) is 29.8 Å². The molecule has 1 aromatic carbocycles. The zero-order valence-corrected chi connectivity index (χ0v) is 10.5. The van der Waals surface area contributed by atoms with Gasteiger partial charge in [0.1, 0.15) is 12.3 Å². The molecule has 0 unspecified atom stereocenters. The van der Waals surface area contributed by atoms with Crippen molar-refractivity contribution in [3.8, 4) is 5.75 Å². The van der Waals surface area contributed by atoms with Crippen LogP contribution < -0.4 is 10.1 Å². The molecule has 0 amide bonds. The van der Waals surface area contributed by atoms with Gasteiger partial charge in [0.05, 0.1) is 13.2 Å². The van der Waals surface area contributed by atoms with Crippen LogP contribution in [0.2, 0.25) is 0 Å². The van der Waals surface area contributed by atoms with Crippen molar-refractivity contribution >= 4 is 0 Å². The molecular formula is C14H24NO+. The number of benzene rings is 1. The second kappa shape index (κ2) is 8.17. The van der Waals surface area contributed by atoms with Gasteiger partial charge in [-0.05, 0) is 44.0 Å². The minimum Gasteiger partial charge on any atom is -0.494 e. The molecule has 16 heavy (non-hydrogen) atoms. The highest BCUT2D eigenvalue weighted by Gasteiger charge is 1.96. The second-order valence-electron chi connectivity index (χ2n) is 4.07. The first-order valence-electron chi connectivity index (χ1n) is 6.40. The third-order valence-corrected chi connectivity index (χ3v) is 2.63. The van der Waals surface area contributed by atoms with Crippen molar-refractivity contribution in [2.45, 2.75) is 39.7 Å². The minimum atomic E-state index is 0.739. The number of nitrogens with two attached hydrogens (primary N) is 1. The Bertz CT molecular complexity index is 269. The lowest BCUT2D eigenvalue weighted by Gasteiger charge is -2.04. The molecule has 0 fully saturated rings. The fourth-order valence-corrected chi connectivity index (χ4v) is 1.70. The topological polar surface area (TPSA) is 25.8 Å². The summed E-state index contributed by atoms with van der Waals surface area (Å²) in [5.41, 5.74) is 1.37. The van der Waals surface area contributed by atoms with Gasteiger partial charge < -0.3 is 10.1 Å². The molecule has 0 bridgehead atoms. The van der Waals surface area contributed by atoms with Crippen LogP contribution in [-0.4, -0.2) is 13.2 Å². The largest absolute Gasteiger partial charge is 0.494 e. The number of quaternary nitrogens is 1. The lowest BCUT2D eigenvalue weighted by atomic mass is 10.2. The molecule has 0 saturated heterocycles. The molecule has 1 rings (SSSR count). The minimum absolute atomic E-state index is 0.739. The Morgan fingerprint density at radius 1 is 1.06 bits per heavy atom. The summed E-state index contributed by atoms with van der Waals surface area (Å²) in [5.74, 6) is 0.970. The van der Waals surface area contributed by atoms with Crippen molar-refractivity contribution in [3.63, 3.8) is 0 Å². The van der Waals surface area contributed by atoms with Crippen LogP contribution in [0, 0.1) is 0 Å². The Labute approximate surface area is 99.0 Å². The summed E-state index contributed by atoms with van der Waals surface area (Å²) in [6, 6.07) is 8.42. The SMILES string of the molecule is CCCCC[NH2+]Cc1ccc(OCC)cc1. The van der Waals surface area contributed by atoms with E-state index in [4.69, 9.17) is 4.74 Å². The Balaban J connectivity index is 2.21. The molecule has 0 radical (unpaired) electrons. The summed E-state index contributed by atoms with van der Waals surface area (Å²) >= 11 is 0. The van der Waals surface area contributed by atoms with Crippen molar-refractivity contribution in [2.75, 3.05) is 13.2 Å². The maximum atomic E-state index is 5.41. The van der Waals surface area contributed by atoms with Gasteiger partial charge in [0.15, 0.2) is 0 Å². The molecule has 0 aliphatic rings. The number of unbranched alkanes of at least 4 members (excludes halogenated alkanes) is 2. The lowest BCUT2D eigenvalue weighted by molar-refractivity contribution is -0.671. The molecule has 0 saturated carbocycles. The zero-order valence-electron chi connectivity index (χ0n) is 10.5. The molecule has 2 N–H and O–H groups in total. The van der Waals surface area contributed by atoms with Crippen LogP contribution >= 0.6 is 0 Å². The van der Waals surface area contributed by atoms with E-state index in [0.29, 0.717) is 0 Å². The quantitative estimate of drug-likeness (QED) is 0.671. The van der Waals surface area contributed by atoms with Crippen LogP contribution in [-0.2, 0) is 6.54 Å². The standard InChI is InChI=1S/C14H23NO/c1-3-5-6-11-15-12-13-7-9-14(10-8-13)16-4-2/h7-10,15H,3-6,11-12H2,1-2H3/p+1. The van der Waals surface area contributed by atoms with Gasteiger partial charge in [0, 0.05) is 5.56 Å². The summed E-state index contributed by atoms with van der Waals surface area (Å²) in [5, 5.41) is 2.38. The average molecular weight is 222 g/mol. The van der Waals surface area contributed by atoms with Crippen molar-refractivity contribution in [1.82, 2.24) is 0 Å². The highest BCUT2D eigenvalue weighted by Crippen LogP contribution is 2.11. The number of hydrogen-bond acceptors (Lipinski definition) is 1. The van der Waals surface area contributed by atoms with Crippen molar-refractivity contribution in [2.24, 2.45) is 0 Å². The first-order valence-corrected chi connectivity index (χ1v) is 6.40. The van der Waals surface area contributed by atoms with Gasteiger partial charge in [0.25, 0.3) is 0 Å². The fraction of sp³-hybridized carbons (Fsp3) is 0.571. The second-order valence-corrected chi connectivity index (χ2v) is 4.07. The fourth-order valence-electron chi connectivity index (χ4n) is 1.70. The van der Waals surface area contributed by atoms with E-state index in [0.717, 1.165) is 18.9 Å². The monoisotopic (exact) mass is 222 g/mol. The third kappa shape index (κ3) is 5.17. The molecule has 0 aliphatic carbocycles. The van der Waals surface area contributed by atoms with Gasteiger partial charge in [-0.25, -0.2) is 0 Å². The Kier molecular flexibility index (Phi) is 6.66. The molecule has 0 aliphatic heterocycles. The molecule has 0 heterocycles. The normalized spacial score (nSPS) is 10.4. The first-order chi connectivity index (χ1) is 7.86. The highest BCUT2D eigenvalue weighted by molar-refractivity contribution is 5.26. The van der Waals surface area contributed by atoms with Gasteiger partial charge in [-0.2, -0.15) is 0 Å². The van der Waals surface area contributed by atoms with Gasteiger partial charge in [-0.1, -0.05) is 13.3 Å². The van der Waals surface area contributed by atoms with E-state index in [-0.39, 0.29) is 0 Å². The Morgan fingerprint density at radius 3 is 2.44 bits per heavy atom. The predicted octanol–water partition coefficient (Wildman–Crippen LogP) is 2.34. The summed E-state index contributed by atoms with van der Waals surface area (Å²) < 4.78 is 5.41. The third-order valence-electron chi connectivity index (χ3n) is 2.63. The summed E-state index contributed by atoms with van der Waals surface area (Å²) in [4.78, 5) is 0. The maximum Gasteiger partial charge on any atom is 0.119 e. The summed E-state index contributed by atoms with van der Waals surface area (Å²) in [6.07, 6.45) is 3.98. The number of ether oxygens (including phenoxy) is 1. The van der Waals surface area contributed by atoms with E-state index in [1.807, 2.05) is 6.92 Å². The van der Waals surface area contributed by atoms with E-state index >= 15 is 0 Å². The number of hydrogen-bond donors (Lipinski definition) is 1. The van der Waals surface area contributed by atoms with Crippen LogP contribution in [0.4, 0.5) is 0 Å². The summed E-state index contributed by atoms with van der Waals surface area (Å²) in [7, 11) is 0. The van der Waals surface area contributed by atoms with Gasteiger partial charge in [-0.3, -0.25) is 0 Å². The Hall–Kier alpha value is -1.02. The highest BCUT2D eigenvalue weighted by atomic mass is 16.5. The first kappa shape index (κ1) is 13.0. The molecule has 0 atom stereocenters. The van der Waals surface area contributed by atoms with Crippen LogP contribution in [0.3, 0.4) is 0 Å². The molecule has 90 valence electrons. The van der Waals surface area contributed by atoms with E-state index in [1.54, 1.807) is 0 Å². The van der Waals surface area contributed by atoms with E-state index in [9.17, 15) is 0 Å². The lowest BCUT2D eigenvalue weighted by Crippen LogP contribution is -2.82. The number of rotatable bonds is 8. The zero-order chi connectivity index (χ0) is 11.6. The average Bonchev–Trinajstić information content (AvgIpc) is 2.31. The smallest absolute Gasteiger partial charge is 0.119 e. The van der Waals surface area contributed by atoms with Crippen LogP contribution in [0.5, 0.6) is 5.75 Å². The molecule has 1 aromatic rings. The predicted molar refractivity (Wildman–Crippen MR) is 67.6 cm³/mol. The Morgan fingerprint density at radius 2 is 1.81 bits per heavy atom. The molecule has 2 nitrogen and oxygen atoms in total. The van der Waals surface area contributed by atoms with Gasteiger partial charge in [-0.15, -0.1) is 0 Å². The van der Waals surface area contributed by atoms with Crippen molar-refractivity contribution < 1.29 is 10.1 Å². The molecule has 0 aromatic heterocycles. The van der Waals surface area contributed by atoms with E-state index < -0.39 is 0 Å². The van der Waals surface area contributed by atoms with Gasteiger partial charge in [0.2, 0.25) is 0 Å². The maximum absolute atomic E-state index is 5.41. The van der Waals surface area contributed by atoms with Crippen LogP contribution in [0.25, 0.3) is 0 Å². The van der Waals surface area contributed by atoms with Crippen molar-refractivity contribution in [1.29, 1.82) is 0 Å². The van der Waals surface area contributed by atoms with Crippen LogP contribution in [0.1, 0.15) is 38.7 Å². The van der Waals surface area contributed by atoms with Crippen LogP contribution in [0.15, 0.2) is 24.3 Å². The van der Waals surface area contributed by atoms with Gasteiger partial charge >= 0.3 is 0 Å². The van der Waals surface area contributed by atoms with E-state index in [1.165, 1.54) is 31.4 Å². The summed E-state index contributed by atoms with van der Waals surface area (Å²) in [6.45, 7) is 7.31.